The minimum absolute atomic E-state index is 0.0433. The number of nitrogens with zero attached hydrogens (tertiary/aromatic N) is 3. The molecular weight excluding hydrogens is 429 g/mol. The van der Waals surface area contributed by atoms with Crippen LogP contribution in [0.4, 0.5) is 4.39 Å². The van der Waals surface area contributed by atoms with Crippen molar-refractivity contribution in [3.8, 4) is 10.6 Å². The Hall–Kier alpha value is -3.10. The van der Waals surface area contributed by atoms with Crippen LogP contribution in [0.1, 0.15) is 27.0 Å². The molecule has 166 valence electrons. The van der Waals surface area contributed by atoms with E-state index in [0.29, 0.717) is 36.6 Å². The van der Waals surface area contributed by atoms with Gasteiger partial charge in [-0.05, 0) is 24.6 Å². The molecule has 0 N–H and O–H groups in total. The van der Waals surface area contributed by atoms with Gasteiger partial charge in [-0.25, -0.2) is 14.2 Å². The second kappa shape index (κ2) is 9.58. The van der Waals surface area contributed by atoms with Crippen LogP contribution < -0.4 is 0 Å². The fourth-order valence-electron chi connectivity index (χ4n) is 3.88. The van der Waals surface area contributed by atoms with Crippen LogP contribution in [0.5, 0.6) is 0 Å². The van der Waals surface area contributed by atoms with Crippen LogP contribution in [-0.4, -0.2) is 59.9 Å². The number of hydrogen-bond donors (Lipinski definition) is 0. The summed E-state index contributed by atoms with van der Waals surface area (Å²) in [6.07, 6.45) is 0. The number of rotatable bonds is 5. The Bertz CT molecular complexity index is 1090. The van der Waals surface area contributed by atoms with E-state index in [1.807, 2.05) is 42.2 Å². The zero-order valence-corrected chi connectivity index (χ0v) is 18.8. The van der Waals surface area contributed by atoms with Gasteiger partial charge in [-0.1, -0.05) is 42.5 Å². The maximum Gasteiger partial charge on any atom is 0.327 e. The molecule has 32 heavy (non-hydrogen) atoms. The molecule has 1 aliphatic rings. The predicted molar refractivity (Wildman–Crippen MR) is 121 cm³/mol. The number of piperazine rings is 1. The molecule has 0 saturated carbocycles. The highest BCUT2D eigenvalue weighted by Gasteiger charge is 2.33. The molecule has 1 unspecified atom stereocenters. The number of benzene rings is 2. The van der Waals surface area contributed by atoms with E-state index in [4.69, 9.17) is 4.74 Å². The van der Waals surface area contributed by atoms with Crippen molar-refractivity contribution >= 4 is 23.2 Å². The fourth-order valence-corrected chi connectivity index (χ4v) is 4.92. The molecule has 0 bridgehead atoms. The van der Waals surface area contributed by atoms with Gasteiger partial charge in [0.25, 0.3) is 5.91 Å². The van der Waals surface area contributed by atoms with E-state index in [0.717, 1.165) is 16.3 Å². The first-order valence-electron chi connectivity index (χ1n) is 10.4. The van der Waals surface area contributed by atoms with Crippen LogP contribution in [-0.2, 0) is 9.53 Å². The third-order valence-electron chi connectivity index (χ3n) is 5.59. The van der Waals surface area contributed by atoms with Crippen molar-refractivity contribution in [3.05, 3.63) is 76.5 Å². The molecule has 0 spiro atoms. The lowest BCUT2D eigenvalue weighted by Gasteiger charge is -2.38. The molecule has 0 aliphatic carbocycles. The highest BCUT2D eigenvalue weighted by Crippen LogP contribution is 2.30. The molecule has 6 nitrogen and oxygen atoms in total. The van der Waals surface area contributed by atoms with E-state index < -0.39 is 12.0 Å². The molecule has 1 aromatic heterocycles. The van der Waals surface area contributed by atoms with Crippen molar-refractivity contribution in [2.75, 3.05) is 33.3 Å². The Labute approximate surface area is 190 Å². The van der Waals surface area contributed by atoms with Gasteiger partial charge in [0, 0.05) is 31.7 Å². The van der Waals surface area contributed by atoms with E-state index >= 15 is 0 Å². The Balaban J connectivity index is 1.47. The normalized spacial score (nSPS) is 15.4. The zero-order valence-electron chi connectivity index (χ0n) is 18.0. The maximum atomic E-state index is 13.3. The summed E-state index contributed by atoms with van der Waals surface area (Å²) in [6, 6.07) is 15.0. The van der Waals surface area contributed by atoms with Crippen LogP contribution >= 0.6 is 11.3 Å². The highest BCUT2D eigenvalue weighted by molar-refractivity contribution is 7.17. The van der Waals surface area contributed by atoms with Gasteiger partial charge >= 0.3 is 5.97 Å². The van der Waals surface area contributed by atoms with Gasteiger partial charge in [0.2, 0.25) is 0 Å². The van der Waals surface area contributed by atoms with Crippen molar-refractivity contribution in [3.63, 3.8) is 0 Å². The van der Waals surface area contributed by atoms with E-state index in [2.05, 4.69) is 4.98 Å². The van der Waals surface area contributed by atoms with Crippen molar-refractivity contribution in [2.45, 2.75) is 13.0 Å². The summed E-state index contributed by atoms with van der Waals surface area (Å²) in [5, 5.41) is 0.826. The molecule has 1 saturated heterocycles. The minimum atomic E-state index is -0.632. The number of methoxy groups -OCH3 is 1. The fraction of sp³-hybridized carbons (Fsp3) is 0.292. The molecule has 2 aromatic carbocycles. The third-order valence-corrected chi connectivity index (χ3v) is 6.78. The molecule has 1 amide bonds. The molecule has 2 heterocycles. The molecule has 3 aromatic rings. The number of esters is 1. The number of carbonyl (C=O) groups is 2. The first kappa shape index (κ1) is 22.1. The van der Waals surface area contributed by atoms with E-state index in [-0.39, 0.29) is 11.7 Å². The smallest absolute Gasteiger partial charge is 0.327 e. The summed E-state index contributed by atoms with van der Waals surface area (Å²) >= 11 is 1.40. The minimum Gasteiger partial charge on any atom is -0.468 e. The maximum absolute atomic E-state index is 13.3. The Morgan fingerprint density at radius 1 is 1.03 bits per heavy atom. The zero-order chi connectivity index (χ0) is 22.7. The predicted octanol–water partition coefficient (Wildman–Crippen LogP) is 3.93. The van der Waals surface area contributed by atoms with Gasteiger partial charge in [-0.2, -0.15) is 0 Å². The molecular formula is C24H24FN3O3S. The average molecular weight is 454 g/mol. The third kappa shape index (κ3) is 4.56. The van der Waals surface area contributed by atoms with Gasteiger partial charge in [0.05, 0.1) is 12.8 Å². The number of aromatic nitrogens is 1. The Kier molecular flexibility index (Phi) is 6.62. The monoisotopic (exact) mass is 453 g/mol. The second-order valence-electron chi connectivity index (χ2n) is 7.60. The number of carbonyl (C=O) groups excluding carboxylic acids is 2. The lowest BCUT2D eigenvalue weighted by molar-refractivity contribution is -0.148. The van der Waals surface area contributed by atoms with Gasteiger partial charge < -0.3 is 9.64 Å². The summed E-state index contributed by atoms with van der Waals surface area (Å²) in [6.45, 7) is 3.82. The summed E-state index contributed by atoms with van der Waals surface area (Å²) in [5.74, 6) is -0.803. The number of ether oxygens (including phenoxy) is 1. The van der Waals surface area contributed by atoms with E-state index in [1.54, 1.807) is 17.0 Å². The summed E-state index contributed by atoms with van der Waals surface area (Å²) in [4.78, 5) is 34.7. The van der Waals surface area contributed by atoms with Crippen LogP contribution in [0.2, 0.25) is 0 Å². The quantitative estimate of drug-likeness (QED) is 0.548. The number of hydrogen-bond acceptors (Lipinski definition) is 6. The summed E-state index contributed by atoms with van der Waals surface area (Å²) in [7, 11) is 1.34. The van der Waals surface area contributed by atoms with Crippen LogP contribution in [0, 0.1) is 12.7 Å². The second-order valence-corrected chi connectivity index (χ2v) is 8.60. The molecule has 1 fully saturated rings. The standard InChI is InChI=1S/C24H24FN3O3S/c1-16-21(32-22(26-16)18-6-4-3-5-7-18)23(29)28-14-12-27(13-15-28)20(24(30)31-2)17-8-10-19(25)11-9-17/h3-11,20H,12-15H2,1-2H3. The molecule has 8 heteroatoms. The van der Waals surface area contributed by atoms with Crippen molar-refractivity contribution in [2.24, 2.45) is 0 Å². The van der Waals surface area contributed by atoms with Crippen LogP contribution in [0.25, 0.3) is 10.6 Å². The SMILES string of the molecule is COC(=O)C(c1ccc(F)cc1)N1CCN(C(=O)c2sc(-c3ccccc3)nc2C)CC1. The molecule has 4 rings (SSSR count). The van der Waals surface area contributed by atoms with Gasteiger partial charge in [0.1, 0.15) is 21.7 Å². The first-order chi connectivity index (χ1) is 15.5. The van der Waals surface area contributed by atoms with Gasteiger partial charge in [-0.3, -0.25) is 9.69 Å². The first-order valence-corrected chi connectivity index (χ1v) is 11.2. The van der Waals surface area contributed by atoms with Gasteiger partial charge in [-0.15, -0.1) is 11.3 Å². The average Bonchev–Trinajstić information content (AvgIpc) is 3.22. The van der Waals surface area contributed by atoms with E-state index in [9.17, 15) is 14.0 Å². The van der Waals surface area contributed by atoms with E-state index in [1.165, 1.54) is 30.6 Å². The van der Waals surface area contributed by atoms with Crippen LogP contribution in [0.3, 0.4) is 0 Å². The number of halogens is 1. The number of thiazole rings is 1. The molecule has 1 aliphatic heterocycles. The highest BCUT2D eigenvalue weighted by atomic mass is 32.1. The van der Waals surface area contributed by atoms with Crippen molar-refractivity contribution in [1.29, 1.82) is 0 Å². The summed E-state index contributed by atoms with van der Waals surface area (Å²) in [5.41, 5.74) is 2.38. The summed E-state index contributed by atoms with van der Waals surface area (Å²) < 4.78 is 18.3. The van der Waals surface area contributed by atoms with Crippen LogP contribution in [0.15, 0.2) is 54.6 Å². The molecule has 0 radical (unpaired) electrons. The Morgan fingerprint density at radius 2 is 1.69 bits per heavy atom. The van der Waals surface area contributed by atoms with Gasteiger partial charge in [0.15, 0.2) is 0 Å². The number of amides is 1. The van der Waals surface area contributed by atoms with Crippen molar-refractivity contribution < 1.29 is 18.7 Å². The largest absolute Gasteiger partial charge is 0.468 e. The lowest BCUT2D eigenvalue weighted by Crippen LogP contribution is -2.51. The molecule has 1 atom stereocenters. The topological polar surface area (TPSA) is 62.7 Å². The number of aryl methyl sites for hydroxylation is 1. The Morgan fingerprint density at radius 3 is 2.31 bits per heavy atom. The lowest BCUT2D eigenvalue weighted by atomic mass is 10.0. The van der Waals surface area contributed by atoms with Crippen molar-refractivity contribution in [1.82, 2.24) is 14.8 Å².